The summed E-state index contributed by atoms with van der Waals surface area (Å²) in [7, 11) is 0. The number of aromatic amines is 1. The molecular weight excluding hydrogens is 388 g/mol. The fourth-order valence-corrected chi connectivity index (χ4v) is 3.11. The zero-order valence-electron chi connectivity index (χ0n) is 17.7. The van der Waals surface area contributed by atoms with Crippen molar-refractivity contribution in [1.29, 1.82) is 0 Å². The van der Waals surface area contributed by atoms with E-state index in [0.717, 1.165) is 39.1 Å². The van der Waals surface area contributed by atoms with Gasteiger partial charge in [0, 0.05) is 40.5 Å². The molecule has 2 aromatic heterocycles. The van der Waals surface area contributed by atoms with Crippen LogP contribution in [0.4, 0.5) is 11.5 Å². The summed E-state index contributed by atoms with van der Waals surface area (Å²) in [5, 5.41) is 14.2. The first kappa shape index (κ1) is 20.3. The van der Waals surface area contributed by atoms with E-state index in [-0.39, 0.29) is 11.9 Å². The molecule has 0 unspecified atom stereocenters. The van der Waals surface area contributed by atoms with E-state index in [1.54, 1.807) is 12.3 Å². The van der Waals surface area contributed by atoms with Crippen molar-refractivity contribution in [2.75, 3.05) is 5.32 Å². The number of amides is 1. The molecular formula is C24H24N6O. The lowest BCUT2D eigenvalue weighted by Crippen LogP contribution is -2.28. The molecule has 0 fully saturated rings. The molecule has 0 aliphatic heterocycles. The molecule has 0 saturated heterocycles. The standard InChI is InChI=1S/C24H24N6O/c1-15(2)27-22(31)11-6-17-4-7-18(8-5-17)24-25-13-16(3)23(29-24)28-20-9-10-21-19(12-20)14-26-30-21/h4-15H,1-3H3,(H,26,30)(H,27,31)(H,25,28,29). The van der Waals surface area contributed by atoms with E-state index < -0.39 is 0 Å². The van der Waals surface area contributed by atoms with Crippen molar-refractivity contribution in [2.24, 2.45) is 0 Å². The fraction of sp³-hybridized carbons (Fsp3) is 0.167. The quantitative estimate of drug-likeness (QED) is 0.402. The maximum absolute atomic E-state index is 11.8. The number of nitrogens with one attached hydrogen (secondary N) is 3. The molecule has 4 aromatic rings. The predicted molar refractivity (Wildman–Crippen MR) is 124 cm³/mol. The summed E-state index contributed by atoms with van der Waals surface area (Å²) in [6.45, 7) is 5.83. The number of rotatable bonds is 6. The number of carbonyl (C=O) groups is 1. The molecule has 3 N–H and O–H groups in total. The summed E-state index contributed by atoms with van der Waals surface area (Å²) in [4.78, 5) is 21.0. The number of aryl methyl sites for hydroxylation is 1. The van der Waals surface area contributed by atoms with E-state index in [0.29, 0.717) is 5.82 Å². The average molecular weight is 412 g/mol. The van der Waals surface area contributed by atoms with Crippen molar-refractivity contribution in [3.8, 4) is 11.4 Å². The lowest BCUT2D eigenvalue weighted by molar-refractivity contribution is -0.116. The Kier molecular flexibility index (Phi) is 5.75. The average Bonchev–Trinajstić information content (AvgIpc) is 3.22. The van der Waals surface area contributed by atoms with Gasteiger partial charge in [-0.25, -0.2) is 9.97 Å². The lowest BCUT2D eigenvalue weighted by Gasteiger charge is -2.10. The second kappa shape index (κ2) is 8.79. The molecule has 0 saturated carbocycles. The number of fused-ring (bicyclic) bond motifs is 1. The minimum atomic E-state index is -0.106. The highest BCUT2D eigenvalue weighted by atomic mass is 16.1. The number of nitrogens with zero attached hydrogens (tertiary/aromatic N) is 3. The third kappa shape index (κ3) is 4.95. The van der Waals surface area contributed by atoms with Gasteiger partial charge in [-0.05, 0) is 50.6 Å². The molecule has 0 atom stereocenters. The summed E-state index contributed by atoms with van der Waals surface area (Å²) >= 11 is 0. The molecule has 0 spiro atoms. The smallest absolute Gasteiger partial charge is 0.244 e. The Hall–Kier alpha value is -4.00. The second-order valence-corrected chi connectivity index (χ2v) is 7.64. The minimum Gasteiger partial charge on any atom is -0.350 e. The van der Waals surface area contributed by atoms with Gasteiger partial charge in [-0.3, -0.25) is 9.89 Å². The van der Waals surface area contributed by atoms with Gasteiger partial charge < -0.3 is 10.6 Å². The number of hydrogen-bond acceptors (Lipinski definition) is 5. The Morgan fingerprint density at radius 2 is 1.90 bits per heavy atom. The highest BCUT2D eigenvalue weighted by molar-refractivity contribution is 5.92. The Morgan fingerprint density at radius 3 is 2.68 bits per heavy atom. The maximum Gasteiger partial charge on any atom is 0.244 e. The summed E-state index contributed by atoms with van der Waals surface area (Å²) in [5.41, 5.74) is 4.70. The minimum absolute atomic E-state index is 0.106. The number of carbonyl (C=O) groups excluding carboxylic acids is 1. The first-order valence-corrected chi connectivity index (χ1v) is 10.1. The molecule has 4 rings (SSSR count). The van der Waals surface area contributed by atoms with Crippen LogP contribution >= 0.6 is 0 Å². The van der Waals surface area contributed by atoms with E-state index in [2.05, 4.69) is 25.8 Å². The molecule has 7 nitrogen and oxygen atoms in total. The third-order valence-electron chi connectivity index (χ3n) is 4.70. The summed E-state index contributed by atoms with van der Waals surface area (Å²) in [6.07, 6.45) is 6.93. The zero-order valence-corrected chi connectivity index (χ0v) is 17.7. The third-order valence-corrected chi connectivity index (χ3v) is 4.70. The number of anilines is 2. The van der Waals surface area contributed by atoms with Gasteiger partial charge in [0.1, 0.15) is 5.82 Å². The maximum atomic E-state index is 11.8. The van der Waals surface area contributed by atoms with E-state index >= 15 is 0 Å². The van der Waals surface area contributed by atoms with Gasteiger partial charge in [-0.2, -0.15) is 5.10 Å². The van der Waals surface area contributed by atoms with E-state index in [9.17, 15) is 4.79 Å². The Bertz CT molecular complexity index is 1240. The molecule has 156 valence electrons. The number of hydrogen-bond donors (Lipinski definition) is 3. The van der Waals surface area contributed by atoms with Crippen LogP contribution in [0.1, 0.15) is 25.0 Å². The van der Waals surface area contributed by atoms with Crippen LogP contribution in [-0.4, -0.2) is 32.1 Å². The van der Waals surface area contributed by atoms with Crippen molar-refractivity contribution in [1.82, 2.24) is 25.5 Å². The molecule has 2 aromatic carbocycles. The first-order valence-electron chi connectivity index (χ1n) is 10.1. The Morgan fingerprint density at radius 1 is 1.10 bits per heavy atom. The van der Waals surface area contributed by atoms with E-state index in [4.69, 9.17) is 4.98 Å². The van der Waals surface area contributed by atoms with Crippen LogP contribution in [0.25, 0.3) is 28.4 Å². The van der Waals surface area contributed by atoms with Crippen LogP contribution in [0.15, 0.2) is 60.9 Å². The summed E-state index contributed by atoms with van der Waals surface area (Å²) < 4.78 is 0. The number of benzene rings is 2. The van der Waals surface area contributed by atoms with Crippen LogP contribution < -0.4 is 10.6 Å². The molecule has 0 aliphatic rings. The topological polar surface area (TPSA) is 95.6 Å². The molecule has 0 radical (unpaired) electrons. The predicted octanol–water partition coefficient (Wildman–Crippen LogP) is 4.61. The molecule has 0 aliphatic carbocycles. The van der Waals surface area contributed by atoms with Gasteiger partial charge in [0.25, 0.3) is 0 Å². The van der Waals surface area contributed by atoms with Crippen LogP contribution in [0.3, 0.4) is 0 Å². The van der Waals surface area contributed by atoms with Crippen molar-refractivity contribution < 1.29 is 4.79 Å². The molecule has 1 amide bonds. The van der Waals surface area contributed by atoms with Crippen molar-refractivity contribution >= 4 is 34.4 Å². The van der Waals surface area contributed by atoms with Crippen molar-refractivity contribution in [3.63, 3.8) is 0 Å². The normalized spacial score (nSPS) is 11.4. The van der Waals surface area contributed by atoms with Gasteiger partial charge in [0.05, 0.1) is 11.7 Å². The van der Waals surface area contributed by atoms with Crippen LogP contribution in [0.5, 0.6) is 0 Å². The van der Waals surface area contributed by atoms with Gasteiger partial charge in [-0.1, -0.05) is 24.3 Å². The SMILES string of the molecule is Cc1cnc(-c2ccc(C=CC(=O)NC(C)C)cc2)nc1Nc1ccc2[nH]ncc2c1. The highest BCUT2D eigenvalue weighted by Gasteiger charge is 2.08. The van der Waals surface area contributed by atoms with E-state index in [1.165, 1.54) is 6.08 Å². The first-order chi connectivity index (χ1) is 15.0. The fourth-order valence-electron chi connectivity index (χ4n) is 3.11. The monoisotopic (exact) mass is 412 g/mol. The van der Waals surface area contributed by atoms with Crippen LogP contribution in [0.2, 0.25) is 0 Å². The van der Waals surface area contributed by atoms with Crippen molar-refractivity contribution in [3.05, 3.63) is 72.1 Å². The van der Waals surface area contributed by atoms with Gasteiger partial charge in [0.15, 0.2) is 5.82 Å². The van der Waals surface area contributed by atoms with Gasteiger partial charge >= 0.3 is 0 Å². The lowest BCUT2D eigenvalue weighted by atomic mass is 10.1. The number of H-pyrrole nitrogens is 1. The van der Waals surface area contributed by atoms with Crippen LogP contribution in [0, 0.1) is 6.92 Å². The molecule has 7 heteroatoms. The Labute approximate surface area is 180 Å². The zero-order chi connectivity index (χ0) is 21.8. The molecule has 0 bridgehead atoms. The van der Waals surface area contributed by atoms with Gasteiger partial charge in [0.2, 0.25) is 5.91 Å². The largest absolute Gasteiger partial charge is 0.350 e. The van der Waals surface area contributed by atoms with Gasteiger partial charge in [-0.15, -0.1) is 0 Å². The highest BCUT2D eigenvalue weighted by Crippen LogP contribution is 2.24. The molecule has 2 heterocycles. The summed E-state index contributed by atoms with van der Waals surface area (Å²) in [5.74, 6) is 1.28. The van der Waals surface area contributed by atoms with E-state index in [1.807, 2.05) is 69.4 Å². The molecule has 31 heavy (non-hydrogen) atoms. The summed E-state index contributed by atoms with van der Waals surface area (Å²) in [6, 6.07) is 13.9. The number of aromatic nitrogens is 4. The van der Waals surface area contributed by atoms with Crippen molar-refractivity contribution in [2.45, 2.75) is 26.8 Å². The second-order valence-electron chi connectivity index (χ2n) is 7.64. The Balaban J connectivity index is 1.52. The van der Waals surface area contributed by atoms with Crippen LogP contribution in [-0.2, 0) is 4.79 Å².